The van der Waals surface area contributed by atoms with Gasteiger partial charge in [0.2, 0.25) is 0 Å². The highest BCUT2D eigenvalue weighted by Crippen LogP contribution is 2.25. The minimum Gasteiger partial charge on any atom is -0.389 e. The van der Waals surface area contributed by atoms with E-state index in [0.717, 1.165) is 16.8 Å². The molecule has 1 unspecified atom stereocenters. The molecule has 4 heteroatoms. The average Bonchev–Trinajstić information content (AvgIpc) is 2.40. The van der Waals surface area contributed by atoms with Crippen LogP contribution in [0.4, 0.5) is 5.69 Å². The largest absolute Gasteiger partial charge is 0.389 e. The van der Waals surface area contributed by atoms with Crippen LogP contribution in [0.3, 0.4) is 0 Å². The van der Waals surface area contributed by atoms with Gasteiger partial charge in [-0.25, -0.2) is 0 Å². The van der Waals surface area contributed by atoms with Gasteiger partial charge in [0, 0.05) is 17.8 Å². The standard InChI is InChI=1S/C15H15Cl2NO/c1-10(19)12-4-2-3-5-15(12)18-9-11-6-7-13(16)14(17)8-11/h2-8,10,18-19H,9H2,1H3. The first-order valence-electron chi connectivity index (χ1n) is 6.02. The Morgan fingerprint density at radius 1 is 1.11 bits per heavy atom. The van der Waals surface area contributed by atoms with Crippen molar-refractivity contribution in [3.8, 4) is 0 Å². The van der Waals surface area contributed by atoms with Crippen molar-refractivity contribution in [2.45, 2.75) is 19.6 Å². The third kappa shape index (κ3) is 3.63. The normalized spacial score (nSPS) is 12.2. The van der Waals surface area contributed by atoms with Gasteiger partial charge in [0.25, 0.3) is 0 Å². The van der Waals surface area contributed by atoms with Crippen molar-refractivity contribution in [3.05, 3.63) is 63.6 Å². The van der Waals surface area contributed by atoms with Crippen LogP contribution in [-0.2, 0) is 6.54 Å². The van der Waals surface area contributed by atoms with Crippen LogP contribution in [0.5, 0.6) is 0 Å². The molecule has 19 heavy (non-hydrogen) atoms. The molecule has 0 radical (unpaired) electrons. The maximum absolute atomic E-state index is 9.70. The number of aliphatic hydroxyl groups is 1. The SMILES string of the molecule is CC(O)c1ccccc1NCc1ccc(Cl)c(Cl)c1. The van der Waals surface area contributed by atoms with Crippen LogP contribution in [0.15, 0.2) is 42.5 Å². The van der Waals surface area contributed by atoms with Gasteiger partial charge in [-0.15, -0.1) is 0 Å². The summed E-state index contributed by atoms with van der Waals surface area (Å²) in [6.07, 6.45) is -0.502. The lowest BCUT2D eigenvalue weighted by Crippen LogP contribution is -2.04. The zero-order valence-electron chi connectivity index (χ0n) is 10.5. The quantitative estimate of drug-likeness (QED) is 0.860. The molecule has 0 aliphatic heterocycles. The van der Waals surface area contributed by atoms with Crippen molar-refractivity contribution in [3.63, 3.8) is 0 Å². The first kappa shape index (κ1) is 14.2. The number of benzene rings is 2. The number of anilines is 1. The number of halogens is 2. The van der Waals surface area contributed by atoms with Gasteiger partial charge in [-0.1, -0.05) is 47.5 Å². The van der Waals surface area contributed by atoms with Gasteiger partial charge in [-0.3, -0.25) is 0 Å². The van der Waals surface area contributed by atoms with Gasteiger partial charge in [-0.05, 0) is 30.7 Å². The van der Waals surface area contributed by atoms with Crippen LogP contribution < -0.4 is 5.32 Å². The van der Waals surface area contributed by atoms with Crippen molar-refractivity contribution >= 4 is 28.9 Å². The van der Waals surface area contributed by atoms with Crippen molar-refractivity contribution in [1.82, 2.24) is 0 Å². The van der Waals surface area contributed by atoms with Gasteiger partial charge in [0.1, 0.15) is 0 Å². The summed E-state index contributed by atoms with van der Waals surface area (Å²) in [5.74, 6) is 0. The highest BCUT2D eigenvalue weighted by atomic mass is 35.5. The van der Waals surface area contributed by atoms with E-state index in [1.165, 1.54) is 0 Å². The number of hydrogen-bond donors (Lipinski definition) is 2. The Morgan fingerprint density at radius 2 is 1.84 bits per heavy atom. The molecule has 100 valence electrons. The van der Waals surface area contributed by atoms with Crippen LogP contribution in [-0.4, -0.2) is 5.11 Å². The summed E-state index contributed by atoms with van der Waals surface area (Å²) < 4.78 is 0. The van der Waals surface area contributed by atoms with Crippen molar-refractivity contribution in [2.24, 2.45) is 0 Å². The molecule has 0 aliphatic carbocycles. The molecule has 0 heterocycles. The van der Waals surface area contributed by atoms with Crippen LogP contribution in [0.2, 0.25) is 10.0 Å². The van der Waals surface area contributed by atoms with Crippen LogP contribution in [0.25, 0.3) is 0 Å². The maximum Gasteiger partial charge on any atom is 0.0781 e. The molecule has 0 amide bonds. The Hall–Kier alpha value is -1.22. The molecule has 0 saturated carbocycles. The Morgan fingerprint density at radius 3 is 2.53 bits per heavy atom. The second-order valence-corrected chi connectivity index (χ2v) is 5.18. The molecule has 0 bridgehead atoms. The third-order valence-corrected chi connectivity index (χ3v) is 3.62. The van der Waals surface area contributed by atoms with Gasteiger partial charge in [0.05, 0.1) is 16.1 Å². The van der Waals surface area contributed by atoms with Gasteiger partial charge < -0.3 is 10.4 Å². The molecular formula is C15H15Cl2NO. The summed E-state index contributed by atoms with van der Waals surface area (Å²) in [5, 5.41) is 14.1. The Kier molecular flexibility index (Phi) is 4.70. The fourth-order valence-corrected chi connectivity index (χ4v) is 2.19. The Balaban J connectivity index is 2.12. The van der Waals surface area contributed by atoms with Crippen molar-refractivity contribution < 1.29 is 5.11 Å². The molecule has 2 aromatic carbocycles. The first-order valence-corrected chi connectivity index (χ1v) is 6.78. The summed E-state index contributed by atoms with van der Waals surface area (Å²) in [4.78, 5) is 0. The van der Waals surface area contributed by atoms with E-state index in [1.54, 1.807) is 13.0 Å². The van der Waals surface area contributed by atoms with E-state index in [4.69, 9.17) is 23.2 Å². The average molecular weight is 296 g/mol. The second-order valence-electron chi connectivity index (χ2n) is 4.37. The first-order chi connectivity index (χ1) is 9.08. The lowest BCUT2D eigenvalue weighted by molar-refractivity contribution is 0.200. The van der Waals surface area contributed by atoms with E-state index in [0.29, 0.717) is 16.6 Å². The highest BCUT2D eigenvalue weighted by Gasteiger charge is 2.07. The monoisotopic (exact) mass is 295 g/mol. The molecule has 0 fully saturated rings. The van der Waals surface area contributed by atoms with E-state index in [2.05, 4.69) is 5.32 Å². The van der Waals surface area contributed by atoms with E-state index in [-0.39, 0.29) is 0 Å². The third-order valence-electron chi connectivity index (χ3n) is 2.88. The zero-order valence-corrected chi connectivity index (χ0v) is 12.0. The van der Waals surface area contributed by atoms with Crippen LogP contribution >= 0.6 is 23.2 Å². The molecule has 0 saturated heterocycles. The number of hydrogen-bond acceptors (Lipinski definition) is 2. The smallest absolute Gasteiger partial charge is 0.0781 e. The molecule has 2 aromatic rings. The highest BCUT2D eigenvalue weighted by molar-refractivity contribution is 6.42. The molecule has 0 aliphatic rings. The van der Waals surface area contributed by atoms with E-state index in [9.17, 15) is 5.11 Å². The van der Waals surface area contributed by atoms with Gasteiger partial charge >= 0.3 is 0 Å². The Bertz CT molecular complexity index is 570. The summed E-state index contributed by atoms with van der Waals surface area (Å²) >= 11 is 11.9. The fraction of sp³-hybridized carbons (Fsp3) is 0.200. The van der Waals surface area contributed by atoms with E-state index < -0.39 is 6.10 Å². The van der Waals surface area contributed by atoms with Crippen molar-refractivity contribution in [2.75, 3.05) is 5.32 Å². The number of para-hydroxylation sites is 1. The molecule has 1 atom stereocenters. The lowest BCUT2D eigenvalue weighted by Gasteiger charge is -2.14. The summed E-state index contributed by atoms with van der Waals surface area (Å²) in [6.45, 7) is 2.38. The second kappa shape index (κ2) is 6.29. The van der Waals surface area contributed by atoms with Gasteiger partial charge in [-0.2, -0.15) is 0 Å². The van der Waals surface area contributed by atoms with Crippen LogP contribution in [0.1, 0.15) is 24.2 Å². The lowest BCUT2D eigenvalue weighted by atomic mass is 10.1. The molecule has 2 nitrogen and oxygen atoms in total. The van der Waals surface area contributed by atoms with E-state index in [1.807, 2.05) is 36.4 Å². The number of aliphatic hydroxyl groups excluding tert-OH is 1. The molecule has 0 aromatic heterocycles. The Labute approximate surface area is 123 Å². The minimum atomic E-state index is -0.502. The summed E-state index contributed by atoms with van der Waals surface area (Å²) in [5.41, 5.74) is 2.83. The summed E-state index contributed by atoms with van der Waals surface area (Å²) in [6, 6.07) is 13.2. The predicted molar refractivity (Wildman–Crippen MR) is 80.9 cm³/mol. The number of rotatable bonds is 4. The van der Waals surface area contributed by atoms with Crippen molar-refractivity contribution in [1.29, 1.82) is 0 Å². The molecule has 0 spiro atoms. The van der Waals surface area contributed by atoms with E-state index >= 15 is 0 Å². The zero-order chi connectivity index (χ0) is 13.8. The number of nitrogens with one attached hydrogen (secondary N) is 1. The maximum atomic E-state index is 9.70. The summed E-state index contributed by atoms with van der Waals surface area (Å²) in [7, 11) is 0. The minimum absolute atomic E-state index is 0.502. The molecular weight excluding hydrogens is 281 g/mol. The predicted octanol–water partition coefficient (Wildman–Crippen LogP) is 4.66. The molecule has 2 rings (SSSR count). The topological polar surface area (TPSA) is 32.3 Å². The van der Waals surface area contributed by atoms with Crippen LogP contribution in [0, 0.1) is 0 Å². The fourth-order valence-electron chi connectivity index (χ4n) is 1.87. The van der Waals surface area contributed by atoms with Gasteiger partial charge in [0.15, 0.2) is 0 Å². The molecule has 2 N–H and O–H groups in total.